The zero-order valence-electron chi connectivity index (χ0n) is 20.6. The second-order valence-electron chi connectivity index (χ2n) is 9.94. The summed E-state index contributed by atoms with van der Waals surface area (Å²) in [6, 6.07) is 13.2. The van der Waals surface area contributed by atoms with Crippen molar-refractivity contribution in [3.05, 3.63) is 65.2 Å². The molecule has 0 spiro atoms. The lowest BCUT2D eigenvalue weighted by molar-refractivity contribution is -0.143. The van der Waals surface area contributed by atoms with E-state index in [2.05, 4.69) is 5.32 Å². The molecule has 0 aromatic heterocycles. The number of aliphatic hydroxyl groups excluding tert-OH is 1. The van der Waals surface area contributed by atoms with Gasteiger partial charge < -0.3 is 15.5 Å². The van der Waals surface area contributed by atoms with Gasteiger partial charge in [0, 0.05) is 19.5 Å². The Labute approximate surface area is 216 Å². The van der Waals surface area contributed by atoms with Crippen molar-refractivity contribution in [3.8, 4) is 5.75 Å². The molecule has 0 radical (unpaired) electrons. The van der Waals surface area contributed by atoms with Crippen LogP contribution in [-0.2, 0) is 32.5 Å². The highest BCUT2D eigenvalue weighted by molar-refractivity contribution is 7.88. The number of phenols is 1. The van der Waals surface area contributed by atoms with Crippen LogP contribution in [0.2, 0.25) is 0 Å². The average Bonchev–Trinajstić information content (AvgIpc) is 3.18. The highest BCUT2D eigenvalue weighted by Gasteiger charge is 2.43. The van der Waals surface area contributed by atoms with E-state index >= 15 is 0 Å². The molecule has 0 unspecified atom stereocenters. The number of sulfonamides is 1. The maximum atomic E-state index is 13.8. The summed E-state index contributed by atoms with van der Waals surface area (Å²) >= 11 is 0. The Kier molecular flexibility index (Phi) is 8.17. The molecule has 1 aliphatic carbocycles. The zero-order chi connectivity index (χ0) is 26.7. The number of fused-ring (bicyclic) bond motifs is 1. The van der Waals surface area contributed by atoms with Crippen molar-refractivity contribution in [1.29, 1.82) is 0 Å². The largest absolute Gasteiger partial charge is 0.508 e. The van der Waals surface area contributed by atoms with E-state index in [1.54, 1.807) is 17.6 Å². The average molecular weight is 532 g/mol. The highest BCUT2D eigenvalue weighted by Crippen LogP contribution is 2.36. The van der Waals surface area contributed by atoms with E-state index < -0.39 is 45.8 Å². The number of amides is 2. The fraction of sp³-hybridized carbons (Fsp3) is 0.462. The van der Waals surface area contributed by atoms with E-state index in [9.17, 15) is 33.4 Å². The Morgan fingerprint density at radius 2 is 1.78 bits per heavy atom. The number of phenolic OH excluding ortho intramolecular Hbond substituents is 1. The van der Waals surface area contributed by atoms with Crippen molar-refractivity contribution in [2.75, 3.05) is 19.3 Å². The monoisotopic (exact) mass is 531 g/mol. The third-order valence-electron chi connectivity index (χ3n) is 7.53. The Bertz CT molecular complexity index is 1240. The van der Waals surface area contributed by atoms with Crippen molar-refractivity contribution in [2.45, 2.75) is 37.8 Å². The number of piperidine rings is 1. The number of nitrogens with zero attached hydrogens (tertiary/aromatic N) is 1. The second kappa shape index (κ2) is 11.2. The molecule has 2 amide bonds. The molecule has 0 bridgehead atoms. The molecule has 0 saturated carbocycles. The number of aliphatic hydroxyl groups is 1. The summed E-state index contributed by atoms with van der Waals surface area (Å²) in [5.74, 6) is -3.49. The van der Waals surface area contributed by atoms with E-state index in [1.807, 2.05) is 24.3 Å². The van der Waals surface area contributed by atoms with Gasteiger partial charge in [0.1, 0.15) is 5.75 Å². The first-order valence-corrected chi connectivity index (χ1v) is 14.2. The summed E-state index contributed by atoms with van der Waals surface area (Å²) in [5, 5.41) is 33.2. The second-order valence-corrected chi connectivity index (χ2v) is 11.9. The van der Waals surface area contributed by atoms with Gasteiger partial charge in [-0.05, 0) is 54.0 Å². The number of rotatable bonds is 8. The lowest BCUT2D eigenvalue weighted by Gasteiger charge is -2.37. The summed E-state index contributed by atoms with van der Waals surface area (Å²) in [6.07, 6.45) is 1.46. The Morgan fingerprint density at radius 3 is 2.43 bits per heavy atom. The fourth-order valence-electron chi connectivity index (χ4n) is 5.69. The number of nitrogens with one attached hydrogen (secondary N) is 2. The minimum absolute atomic E-state index is 0.0152. The van der Waals surface area contributed by atoms with Gasteiger partial charge in [-0.25, -0.2) is 18.2 Å². The first-order valence-electron chi connectivity index (χ1n) is 12.3. The molecule has 5 N–H and O–H groups in total. The van der Waals surface area contributed by atoms with Gasteiger partial charge in [0.2, 0.25) is 21.8 Å². The quantitative estimate of drug-likeness (QED) is 0.252. The first kappa shape index (κ1) is 27.1. The minimum Gasteiger partial charge on any atom is -0.508 e. The van der Waals surface area contributed by atoms with Gasteiger partial charge in [0.15, 0.2) is 0 Å². The van der Waals surface area contributed by atoms with E-state index in [1.165, 1.54) is 16.4 Å². The number of hydroxylamine groups is 1. The SMILES string of the molecule is CS(=O)(=O)N1CCC([C@H](C(=O)NO)[C@@H](Cc2cccc(O)c2)C(=O)N[C@H]2c3ccccc3C[C@H]2O)CC1. The highest BCUT2D eigenvalue weighted by atomic mass is 32.2. The zero-order valence-corrected chi connectivity index (χ0v) is 21.4. The van der Waals surface area contributed by atoms with Crippen molar-refractivity contribution < 1.29 is 33.4 Å². The molecule has 200 valence electrons. The number of hydrogen-bond donors (Lipinski definition) is 5. The van der Waals surface area contributed by atoms with Crippen LogP contribution in [0, 0.1) is 17.8 Å². The van der Waals surface area contributed by atoms with Crippen LogP contribution in [0.25, 0.3) is 0 Å². The summed E-state index contributed by atoms with van der Waals surface area (Å²) in [5.41, 5.74) is 4.07. The molecular formula is C26H33N3O7S. The van der Waals surface area contributed by atoms with Gasteiger partial charge in [-0.1, -0.05) is 36.4 Å². The maximum absolute atomic E-state index is 13.8. The van der Waals surface area contributed by atoms with Gasteiger partial charge in [-0.15, -0.1) is 0 Å². The van der Waals surface area contributed by atoms with E-state index in [-0.39, 0.29) is 31.2 Å². The number of carbonyl (C=O) groups is 2. The van der Waals surface area contributed by atoms with Gasteiger partial charge >= 0.3 is 0 Å². The summed E-state index contributed by atoms with van der Waals surface area (Å²) in [4.78, 5) is 26.8. The molecule has 2 aromatic carbocycles. The van der Waals surface area contributed by atoms with E-state index in [0.717, 1.165) is 17.4 Å². The molecular weight excluding hydrogens is 498 g/mol. The Balaban J connectivity index is 1.64. The minimum atomic E-state index is -3.39. The number of carbonyl (C=O) groups excluding carboxylic acids is 2. The molecule has 4 atom stereocenters. The van der Waals surface area contributed by atoms with Crippen molar-refractivity contribution in [1.82, 2.24) is 15.1 Å². The van der Waals surface area contributed by atoms with Crippen LogP contribution in [0.3, 0.4) is 0 Å². The molecule has 1 aliphatic heterocycles. The standard InChI is InChI=1S/C26H33N3O7S/c1-37(35,36)29-11-9-17(10-12-29)23(26(33)28-34)21(14-16-5-4-7-19(30)13-16)25(32)27-24-20-8-3-2-6-18(20)15-22(24)31/h2-8,13,17,21-24,30-31,34H,9-12,14-15H2,1H3,(H,27,32)(H,28,33)/t21-,22-,23+,24+/m1/s1. The Morgan fingerprint density at radius 1 is 1.08 bits per heavy atom. The van der Waals surface area contributed by atoms with Crippen LogP contribution >= 0.6 is 0 Å². The molecule has 4 rings (SSSR count). The summed E-state index contributed by atoms with van der Waals surface area (Å²) < 4.78 is 25.3. The summed E-state index contributed by atoms with van der Waals surface area (Å²) in [7, 11) is -3.39. The van der Waals surface area contributed by atoms with Gasteiger partial charge in [-0.2, -0.15) is 0 Å². The molecule has 11 heteroatoms. The van der Waals surface area contributed by atoms with E-state index in [0.29, 0.717) is 24.8 Å². The summed E-state index contributed by atoms with van der Waals surface area (Å²) in [6.45, 7) is 0.405. The smallest absolute Gasteiger partial charge is 0.247 e. The fourth-order valence-corrected chi connectivity index (χ4v) is 6.57. The van der Waals surface area contributed by atoms with Crippen molar-refractivity contribution >= 4 is 21.8 Å². The predicted octanol–water partition coefficient (Wildman–Crippen LogP) is 1.12. The van der Waals surface area contributed by atoms with Crippen LogP contribution in [0.1, 0.15) is 35.6 Å². The third-order valence-corrected chi connectivity index (χ3v) is 8.83. The lowest BCUT2D eigenvalue weighted by atomic mass is 9.73. The molecule has 2 aromatic rings. The van der Waals surface area contributed by atoms with Gasteiger partial charge in [0.25, 0.3) is 0 Å². The topological polar surface area (TPSA) is 156 Å². The normalized spacial score (nSPS) is 22.1. The van der Waals surface area contributed by atoms with Crippen LogP contribution in [0.5, 0.6) is 5.75 Å². The van der Waals surface area contributed by atoms with Crippen LogP contribution in [0.4, 0.5) is 0 Å². The molecule has 1 saturated heterocycles. The predicted molar refractivity (Wildman–Crippen MR) is 135 cm³/mol. The lowest BCUT2D eigenvalue weighted by Crippen LogP contribution is -2.50. The number of hydrogen-bond acceptors (Lipinski definition) is 7. The van der Waals surface area contributed by atoms with Crippen LogP contribution < -0.4 is 10.8 Å². The molecule has 2 aliphatic rings. The Hall–Kier alpha value is -2.99. The van der Waals surface area contributed by atoms with Crippen molar-refractivity contribution in [3.63, 3.8) is 0 Å². The van der Waals surface area contributed by atoms with Gasteiger partial charge in [0.05, 0.1) is 30.2 Å². The van der Waals surface area contributed by atoms with Crippen molar-refractivity contribution in [2.24, 2.45) is 17.8 Å². The maximum Gasteiger partial charge on any atom is 0.247 e. The number of aromatic hydroxyl groups is 1. The third kappa shape index (κ3) is 6.12. The van der Waals surface area contributed by atoms with Crippen LogP contribution in [-0.4, -0.2) is 65.4 Å². The first-order chi connectivity index (χ1) is 17.6. The van der Waals surface area contributed by atoms with E-state index in [4.69, 9.17) is 0 Å². The molecule has 1 heterocycles. The molecule has 1 fully saturated rings. The molecule has 37 heavy (non-hydrogen) atoms. The number of benzene rings is 2. The van der Waals surface area contributed by atoms with Crippen LogP contribution in [0.15, 0.2) is 48.5 Å². The van der Waals surface area contributed by atoms with Gasteiger partial charge in [-0.3, -0.25) is 14.8 Å². The molecule has 10 nitrogen and oxygen atoms in total.